The first-order valence-electron chi connectivity index (χ1n) is 9.67. The highest BCUT2D eigenvalue weighted by Crippen LogP contribution is 2.36. The molecule has 2 aromatic rings. The van der Waals surface area contributed by atoms with Crippen molar-refractivity contribution in [3.05, 3.63) is 42.3 Å². The molecule has 0 atom stereocenters. The number of benzene rings is 2. The normalized spacial score (nSPS) is 26.1. The average Bonchev–Trinajstić information content (AvgIpc) is 2.75. The summed E-state index contributed by atoms with van der Waals surface area (Å²) >= 11 is 0. The third kappa shape index (κ3) is 1.97. The molecule has 0 N–H and O–H groups in total. The van der Waals surface area contributed by atoms with Gasteiger partial charge >= 0.3 is 7.12 Å². The van der Waals surface area contributed by atoms with Gasteiger partial charge in [0.15, 0.2) is 0 Å². The van der Waals surface area contributed by atoms with Gasteiger partial charge in [-0.1, -0.05) is 42.3 Å². The van der Waals surface area contributed by atoms with E-state index in [1.54, 1.807) is 0 Å². The summed E-state index contributed by atoms with van der Waals surface area (Å²) in [5.74, 6) is 0. The summed E-state index contributed by atoms with van der Waals surface area (Å²) in [5, 5.41) is -0.0952. The summed E-state index contributed by atoms with van der Waals surface area (Å²) in [5.41, 5.74) is -1.38. The smallest absolute Gasteiger partial charge is 0.399 e. The molecule has 0 radical (unpaired) electrons. The lowest BCUT2D eigenvalue weighted by Crippen LogP contribution is -2.41. The van der Waals surface area contributed by atoms with Crippen molar-refractivity contribution in [1.82, 2.24) is 0 Å². The molecule has 0 spiro atoms. The monoisotopic (exact) mass is 261 g/mol. The molecule has 0 amide bonds. The van der Waals surface area contributed by atoms with Crippen LogP contribution in [0, 0.1) is 0 Å². The molecule has 1 aliphatic rings. The molecule has 0 saturated carbocycles. The molecule has 3 heteroatoms. The van der Waals surface area contributed by atoms with E-state index in [1.165, 1.54) is 0 Å². The van der Waals surface area contributed by atoms with Crippen LogP contribution in [0.25, 0.3) is 10.8 Å². The zero-order valence-electron chi connectivity index (χ0n) is 18.4. The van der Waals surface area contributed by atoms with Gasteiger partial charge in [0.2, 0.25) is 0 Å². The van der Waals surface area contributed by atoms with E-state index in [1.807, 2.05) is 27.7 Å². The van der Waals surface area contributed by atoms with E-state index in [0.717, 1.165) is 0 Å². The van der Waals surface area contributed by atoms with Crippen LogP contribution in [0.15, 0.2) is 42.3 Å². The van der Waals surface area contributed by atoms with Crippen molar-refractivity contribution in [2.45, 2.75) is 38.9 Å². The van der Waals surface area contributed by atoms with Crippen LogP contribution in [0.1, 0.15) is 37.3 Å². The Morgan fingerprint density at radius 1 is 0.895 bits per heavy atom. The first kappa shape index (κ1) is 6.91. The van der Waals surface area contributed by atoms with Crippen LogP contribution in [0.5, 0.6) is 0 Å². The molecule has 3 rings (SSSR count). The van der Waals surface area contributed by atoms with Gasteiger partial charge in [-0.05, 0) is 43.9 Å². The predicted octanol–water partition coefficient (Wildman–Crippen LogP) is 3.14. The predicted molar refractivity (Wildman–Crippen MR) is 79.7 cm³/mol. The molecule has 98 valence electrons. The van der Waals surface area contributed by atoms with Crippen molar-refractivity contribution < 1.29 is 18.9 Å². The Labute approximate surface area is 124 Å². The summed E-state index contributed by atoms with van der Waals surface area (Å²) < 4.78 is 68.6. The Morgan fingerprint density at radius 2 is 1.47 bits per heavy atom. The zero-order chi connectivity index (χ0) is 19.8. The van der Waals surface area contributed by atoms with Crippen molar-refractivity contribution in [3.8, 4) is 0 Å². The van der Waals surface area contributed by atoms with Crippen LogP contribution in [0.3, 0.4) is 0 Å². The molecule has 2 aromatic carbocycles. The number of hydrogen-bond donors (Lipinski definition) is 0. The van der Waals surface area contributed by atoms with Gasteiger partial charge in [0.25, 0.3) is 0 Å². The highest BCUT2D eigenvalue weighted by molar-refractivity contribution is 6.65. The fourth-order valence-corrected chi connectivity index (χ4v) is 1.97. The molecule has 1 saturated heterocycles. The van der Waals surface area contributed by atoms with Crippen LogP contribution >= 0.6 is 0 Å². The lowest BCUT2D eigenvalue weighted by Gasteiger charge is -2.32. The van der Waals surface area contributed by atoms with Crippen molar-refractivity contribution in [3.63, 3.8) is 0 Å². The van der Waals surface area contributed by atoms with E-state index in [0.29, 0.717) is 0 Å². The van der Waals surface area contributed by atoms with E-state index in [-0.39, 0.29) is 28.3 Å². The fourth-order valence-electron chi connectivity index (χ4n) is 1.97. The quantitative estimate of drug-likeness (QED) is 0.734. The Kier molecular flexibility index (Phi) is 1.49. The summed E-state index contributed by atoms with van der Waals surface area (Å²) in [6.45, 7) is 7.31. The fraction of sp³-hybridized carbons (Fsp3) is 0.375. The maximum Gasteiger partial charge on any atom is 0.495 e. The Balaban J connectivity index is 2.44. The summed E-state index contributed by atoms with van der Waals surface area (Å²) in [4.78, 5) is 0. The second kappa shape index (κ2) is 4.09. The van der Waals surface area contributed by atoms with E-state index in [2.05, 4.69) is 0 Å². The summed E-state index contributed by atoms with van der Waals surface area (Å²) in [7, 11) is -1.07. The van der Waals surface area contributed by atoms with Crippen LogP contribution < -0.4 is 5.46 Å². The largest absolute Gasteiger partial charge is 0.495 e. The maximum atomic E-state index is 8.31. The standard InChI is InChI=1S/C16H19BO2/c1-15(2)16(3,4)19-17(18-15)14-11-7-9-12-8-5-6-10-13(12)14/h5-11H,1-4H3/i5D,6D,7D,8D,9D,10D,11D. The minimum absolute atomic E-state index is 0.000463. The second-order valence-corrected chi connectivity index (χ2v) is 5.63. The molecule has 0 unspecified atom stereocenters. The Morgan fingerprint density at radius 3 is 2.16 bits per heavy atom. The van der Waals surface area contributed by atoms with Gasteiger partial charge in [0.1, 0.15) is 0 Å². The first-order chi connectivity index (χ1) is 11.8. The molecular formula is C16H19BO2. The van der Waals surface area contributed by atoms with Crippen LogP contribution in [0.2, 0.25) is 0 Å². The van der Waals surface area contributed by atoms with Gasteiger partial charge in [-0.15, -0.1) is 0 Å². The number of hydrogen-bond acceptors (Lipinski definition) is 2. The van der Waals surface area contributed by atoms with Crippen LogP contribution in [0.4, 0.5) is 0 Å². The van der Waals surface area contributed by atoms with E-state index in [9.17, 15) is 0 Å². The average molecular weight is 261 g/mol. The minimum Gasteiger partial charge on any atom is -0.399 e. The first-order valence-corrected chi connectivity index (χ1v) is 6.17. The van der Waals surface area contributed by atoms with Crippen LogP contribution in [-0.2, 0) is 9.31 Å². The topological polar surface area (TPSA) is 18.5 Å². The van der Waals surface area contributed by atoms with Gasteiger partial charge in [0.05, 0.1) is 20.8 Å². The van der Waals surface area contributed by atoms with Crippen molar-refractivity contribution in [2.75, 3.05) is 0 Å². The van der Waals surface area contributed by atoms with Gasteiger partial charge in [-0.25, -0.2) is 0 Å². The molecule has 0 aromatic heterocycles. The highest BCUT2D eigenvalue weighted by Gasteiger charge is 2.51. The van der Waals surface area contributed by atoms with E-state index in [4.69, 9.17) is 18.9 Å². The summed E-state index contributed by atoms with van der Waals surface area (Å²) in [6, 6.07) is -2.87. The SMILES string of the molecule is [2H]c1c([2H])c([2H])c2c(B3OC(C)(C)C(C)(C)O3)c([2H])c([2H])c([2H])c2c1[2H]. The van der Waals surface area contributed by atoms with Gasteiger partial charge < -0.3 is 9.31 Å². The molecule has 0 aliphatic carbocycles. The van der Waals surface area contributed by atoms with Crippen molar-refractivity contribution in [2.24, 2.45) is 0 Å². The molecule has 1 aliphatic heterocycles. The minimum atomic E-state index is -1.07. The summed E-state index contributed by atoms with van der Waals surface area (Å²) in [6.07, 6.45) is 0. The number of rotatable bonds is 1. The van der Waals surface area contributed by atoms with Crippen molar-refractivity contribution >= 4 is 23.4 Å². The van der Waals surface area contributed by atoms with Gasteiger partial charge in [0, 0.05) is 0 Å². The zero-order valence-corrected chi connectivity index (χ0v) is 11.4. The van der Waals surface area contributed by atoms with Gasteiger partial charge in [-0.2, -0.15) is 0 Å². The molecule has 19 heavy (non-hydrogen) atoms. The maximum absolute atomic E-state index is 8.31. The number of fused-ring (bicyclic) bond motifs is 1. The Bertz CT molecular complexity index is 919. The Hall–Kier alpha value is -1.32. The highest BCUT2D eigenvalue weighted by atomic mass is 16.7. The van der Waals surface area contributed by atoms with Crippen LogP contribution in [-0.4, -0.2) is 18.3 Å². The third-order valence-corrected chi connectivity index (χ3v) is 3.83. The molecule has 0 bridgehead atoms. The molecular weight excluding hydrogens is 235 g/mol. The molecule has 2 nitrogen and oxygen atoms in total. The molecule has 1 heterocycles. The van der Waals surface area contributed by atoms with Gasteiger partial charge in [-0.3, -0.25) is 0 Å². The lowest BCUT2D eigenvalue weighted by atomic mass is 9.76. The van der Waals surface area contributed by atoms with E-state index >= 15 is 0 Å². The third-order valence-electron chi connectivity index (χ3n) is 3.83. The second-order valence-electron chi connectivity index (χ2n) is 5.63. The van der Waals surface area contributed by atoms with Crippen molar-refractivity contribution in [1.29, 1.82) is 0 Å². The van der Waals surface area contributed by atoms with E-state index < -0.39 is 48.5 Å². The lowest BCUT2D eigenvalue weighted by molar-refractivity contribution is 0.00578. The molecule has 1 fully saturated rings.